The lowest BCUT2D eigenvalue weighted by Gasteiger charge is -2.16. The van der Waals surface area contributed by atoms with Gasteiger partial charge in [-0.25, -0.2) is 4.79 Å². The first-order chi connectivity index (χ1) is 11.2. The molecule has 1 aliphatic rings. The van der Waals surface area contributed by atoms with Gasteiger partial charge in [0.2, 0.25) is 0 Å². The van der Waals surface area contributed by atoms with Crippen LogP contribution in [0.5, 0.6) is 0 Å². The van der Waals surface area contributed by atoms with E-state index in [1.807, 2.05) is 42.5 Å². The van der Waals surface area contributed by atoms with Crippen LogP contribution in [0.15, 0.2) is 59.8 Å². The van der Waals surface area contributed by atoms with Crippen LogP contribution < -0.4 is 4.90 Å². The molecule has 5 nitrogen and oxygen atoms in total. The summed E-state index contributed by atoms with van der Waals surface area (Å²) >= 11 is 5.48. The van der Waals surface area contributed by atoms with Crippen molar-refractivity contribution in [2.24, 2.45) is 5.16 Å². The third-order valence-corrected chi connectivity index (χ3v) is 3.55. The van der Waals surface area contributed by atoms with Gasteiger partial charge in [-0.2, -0.15) is 0 Å². The number of oxime groups is 1. The maximum absolute atomic E-state index is 12.7. The smallest absolute Gasteiger partial charge is 0.317 e. The molecule has 0 aliphatic carbocycles. The number of anilines is 2. The van der Waals surface area contributed by atoms with Crippen molar-refractivity contribution in [3.05, 3.63) is 60.2 Å². The van der Waals surface area contributed by atoms with Crippen molar-refractivity contribution in [2.75, 3.05) is 10.8 Å². The zero-order chi connectivity index (χ0) is 16.2. The van der Waals surface area contributed by atoms with Crippen molar-refractivity contribution in [1.82, 2.24) is 0 Å². The first-order valence-electron chi connectivity index (χ1n) is 7.05. The number of halogens is 1. The standard InChI is InChI=1S/C17H13ClN2O3/c18-11-10-15(21)23-19-16-13-8-4-5-9-14(13)20(17(16)22)12-6-2-1-3-7-12/h1-9H,10-11H2/b19-16-. The van der Waals surface area contributed by atoms with Crippen LogP contribution in [0.4, 0.5) is 11.4 Å². The number of benzene rings is 2. The van der Waals surface area contributed by atoms with Crippen LogP contribution in [0.3, 0.4) is 0 Å². The number of rotatable bonds is 4. The van der Waals surface area contributed by atoms with Gasteiger partial charge in [0.1, 0.15) is 0 Å². The first kappa shape index (κ1) is 15.2. The average Bonchev–Trinajstić information content (AvgIpc) is 2.85. The number of alkyl halides is 1. The number of nitrogens with zero attached hydrogens (tertiary/aromatic N) is 2. The normalized spacial score (nSPS) is 14.9. The monoisotopic (exact) mass is 328 g/mol. The maximum atomic E-state index is 12.7. The van der Waals surface area contributed by atoms with Gasteiger partial charge in [0.25, 0.3) is 5.91 Å². The van der Waals surface area contributed by atoms with Crippen LogP contribution >= 0.6 is 11.6 Å². The summed E-state index contributed by atoms with van der Waals surface area (Å²) in [6.07, 6.45) is 0.0383. The summed E-state index contributed by atoms with van der Waals surface area (Å²) < 4.78 is 0. The van der Waals surface area contributed by atoms with Gasteiger partial charge in [0.15, 0.2) is 5.71 Å². The molecule has 2 aromatic rings. The number of amides is 1. The number of hydrogen-bond acceptors (Lipinski definition) is 4. The van der Waals surface area contributed by atoms with Crippen molar-refractivity contribution in [3.8, 4) is 0 Å². The molecule has 0 atom stereocenters. The average molecular weight is 329 g/mol. The third kappa shape index (κ3) is 2.96. The van der Waals surface area contributed by atoms with Crippen molar-refractivity contribution in [3.63, 3.8) is 0 Å². The quantitative estimate of drug-likeness (QED) is 0.492. The van der Waals surface area contributed by atoms with E-state index in [2.05, 4.69) is 5.16 Å². The van der Waals surface area contributed by atoms with Gasteiger partial charge in [-0.05, 0) is 18.2 Å². The molecule has 0 N–H and O–H groups in total. The van der Waals surface area contributed by atoms with Gasteiger partial charge < -0.3 is 4.84 Å². The molecule has 3 rings (SSSR count). The molecule has 1 amide bonds. The molecule has 0 saturated carbocycles. The van der Waals surface area contributed by atoms with E-state index in [0.29, 0.717) is 11.3 Å². The molecule has 1 heterocycles. The Kier molecular flexibility index (Phi) is 4.39. The van der Waals surface area contributed by atoms with E-state index in [9.17, 15) is 9.59 Å². The van der Waals surface area contributed by atoms with Crippen LogP contribution in [-0.4, -0.2) is 23.5 Å². The zero-order valence-corrected chi connectivity index (χ0v) is 12.9. The molecule has 0 spiro atoms. The summed E-state index contributed by atoms with van der Waals surface area (Å²) in [4.78, 5) is 30.5. The van der Waals surface area contributed by atoms with Crippen LogP contribution in [0.2, 0.25) is 0 Å². The van der Waals surface area contributed by atoms with Gasteiger partial charge in [0, 0.05) is 17.1 Å². The summed E-state index contributed by atoms with van der Waals surface area (Å²) in [6.45, 7) is 0. The van der Waals surface area contributed by atoms with E-state index >= 15 is 0 Å². The fourth-order valence-corrected chi connectivity index (χ4v) is 2.49. The summed E-state index contributed by atoms with van der Waals surface area (Å²) in [5.41, 5.74) is 2.16. The SMILES string of the molecule is O=C(CCCl)O/N=C1\C(=O)N(c2ccccc2)c2ccccc21. The second-order valence-corrected chi connectivity index (χ2v) is 5.21. The van der Waals surface area contributed by atoms with Crippen LogP contribution in [0.1, 0.15) is 12.0 Å². The van der Waals surface area contributed by atoms with Crippen LogP contribution in [0.25, 0.3) is 0 Å². The van der Waals surface area contributed by atoms with Crippen molar-refractivity contribution < 1.29 is 14.4 Å². The van der Waals surface area contributed by atoms with Gasteiger partial charge in [-0.3, -0.25) is 9.69 Å². The summed E-state index contributed by atoms with van der Waals surface area (Å²) in [5, 5.41) is 3.76. The van der Waals surface area contributed by atoms with E-state index in [0.717, 1.165) is 5.69 Å². The Morgan fingerprint density at radius 3 is 2.52 bits per heavy atom. The molecule has 0 aromatic heterocycles. The summed E-state index contributed by atoms with van der Waals surface area (Å²) in [5.74, 6) is -0.767. The Bertz CT molecular complexity index is 774. The predicted octanol–water partition coefficient (Wildman–Crippen LogP) is 3.24. The summed E-state index contributed by atoms with van der Waals surface area (Å²) in [6, 6.07) is 16.5. The molecule has 0 fully saturated rings. The largest absolute Gasteiger partial charge is 0.336 e. The highest BCUT2D eigenvalue weighted by molar-refractivity contribution is 6.55. The molecule has 6 heteroatoms. The minimum atomic E-state index is -0.573. The lowest BCUT2D eigenvalue weighted by atomic mass is 10.1. The number of para-hydroxylation sites is 2. The fraction of sp³-hybridized carbons (Fsp3) is 0.118. The van der Waals surface area contributed by atoms with E-state index in [1.165, 1.54) is 0 Å². The van der Waals surface area contributed by atoms with Crippen LogP contribution in [-0.2, 0) is 14.4 Å². The van der Waals surface area contributed by atoms with Crippen molar-refractivity contribution >= 4 is 40.6 Å². The summed E-state index contributed by atoms with van der Waals surface area (Å²) in [7, 11) is 0. The molecule has 1 aliphatic heterocycles. The Morgan fingerprint density at radius 1 is 1.09 bits per heavy atom. The molecule has 0 bridgehead atoms. The topological polar surface area (TPSA) is 59.0 Å². The van der Waals surface area contributed by atoms with Gasteiger partial charge in [0.05, 0.1) is 12.1 Å². The molecule has 116 valence electrons. The molecule has 0 unspecified atom stereocenters. The highest BCUT2D eigenvalue weighted by atomic mass is 35.5. The van der Waals surface area contributed by atoms with Gasteiger partial charge >= 0.3 is 5.97 Å². The van der Waals surface area contributed by atoms with E-state index < -0.39 is 5.97 Å². The van der Waals surface area contributed by atoms with Crippen LogP contribution in [0, 0.1) is 0 Å². The Labute approximate surface area is 138 Å². The molecule has 0 saturated heterocycles. The number of carbonyl (C=O) groups excluding carboxylic acids is 2. The number of hydrogen-bond donors (Lipinski definition) is 0. The number of carbonyl (C=O) groups is 2. The lowest BCUT2D eigenvalue weighted by Crippen LogP contribution is -2.25. The molecule has 2 aromatic carbocycles. The highest BCUT2D eigenvalue weighted by Gasteiger charge is 2.35. The minimum absolute atomic E-state index is 0.0383. The minimum Gasteiger partial charge on any atom is -0.317 e. The second kappa shape index (κ2) is 6.62. The Morgan fingerprint density at radius 2 is 1.78 bits per heavy atom. The third-order valence-electron chi connectivity index (χ3n) is 3.36. The van der Waals surface area contributed by atoms with Gasteiger partial charge in [-0.1, -0.05) is 41.6 Å². The van der Waals surface area contributed by atoms with Crippen molar-refractivity contribution in [1.29, 1.82) is 0 Å². The van der Waals surface area contributed by atoms with Crippen molar-refractivity contribution in [2.45, 2.75) is 6.42 Å². The van der Waals surface area contributed by atoms with E-state index in [-0.39, 0.29) is 23.9 Å². The lowest BCUT2D eigenvalue weighted by molar-refractivity contribution is -0.143. The molecule has 23 heavy (non-hydrogen) atoms. The Hall–Kier alpha value is -2.66. The second-order valence-electron chi connectivity index (χ2n) is 4.84. The zero-order valence-electron chi connectivity index (χ0n) is 12.1. The maximum Gasteiger partial charge on any atom is 0.336 e. The molecular formula is C17H13ClN2O3. The van der Waals surface area contributed by atoms with Gasteiger partial charge in [-0.15, -0.1) is 11.6 Å². The Balaban J connectivity index is 1.99. The van der Waals surface area contributed by atoms with E-state index in [4.69, 9.17) is 16.4 Å². The first-order valence-corrected chi connectivity index (χ1v) is 7.58. The number of fused-ring (bicyclic) bond motifs is 1. The molecule has 0 radical (unpaired) electrons. The highest BCUT2D eigenvalue weighted by Crippen LogP contribution is 2.35. The van der Waals surface area contributed by atoms with E-state index in [1.54, 1.807) is 17.0 Å². The molecular weight excluding hydrogens is 316 g/mol. The fourth-order valence-electron chi connectivity index (χ4n) is 2.34. The predicted molar refractivity (Wildman–Crippen MR) is 88.0 cm³/mol.